The zero-order chi connectivity index (χ0) is 17.6. The summed E-state index contributed by atoms with van der Waals surface area (Å²) in [7, 11) is 0. The topological polar surface area (TPSA) is 52.1 Å². The highest BCUT2D eigenvalue weighted by Crippen LogP contribution is 2.22. The summed E-state index contributed by atoms with van der Waals surface area (Å²) in [5.41, 5.74) is 0. The van der Waals surface area contributed by atoms with Gasteiger partial charge < -0.3 is 20.3 Å². The minimum absolute atomic E-state index is 0. The zero-order valence-corrected chi connectivity index (χ0v) is 19.1. The zero-order valence-electron chi connectivity index (χ0n) is 16.7. The molecule has 0 radical (unpaired) electrons. The average molecular weight is 479 g/mol. The van der Waals surface area contributed by atoms with E-state index >= 15 is 0 Å². The minimum atomic E-state index is 0. The third kappa shape index (κ3) is 6.21. The molecular formula is C19H38IN5O. The van der Waals surface area contributed by atoms with Gasteiger partial charge in [-0.2, -0.15) is 0 Å². The number of hydrogen-bond donors (Lipinski definition) is 2. The van der Waals surface area contributed by atoms with Crippen LogP contribution in [0.5, 0.6) is 0 Å². The Balaban J connectivity index is 0.00000243. The molecule has 2 unspecified atom stereocenters. The van der Waals surface area contributed by atoms with E-state index in [1.54, 1.807) is 0 Å². The molecule has 0 spiro atoms. The van der Waals surface area contributed by atoms with Crippen molar-refractivity contribution in [3.63, 3.8) is 0 Å². The van der Waals surface area contributed by atoms with Gasteiger partial charge in [0.1, 0.15) is 0 Å². The molecule has 6 nitrogen and oxygen atoms in total. The van der Waals surface area contributed by atoms with Gasteiger partial charge in [0.25, 0.3) is 0 Å². The van der Waals surface area contributed by atoms with Crippen LogP contribution in [0, 0.1) is 0 Å². The van der Waals surface area contributed by atoms with Gasteiger partial charge in [0.2, 0.25) is 0 Å². The number of guanidine groups is 1. The number of ether oxygens (including phenoxy) is 1. The van der Waals surface area contributed by atoms with Crippen LogP contribution >= 0.6 is 24.0 Å². The molecule has 3 saturated heterocycles. The highest BCUT2D eigenvalue weighted by Gasteiger charge is 2.32. The molecule has 3 heterocycles. The summed E-state index contributed by atoms with van der Waals surface area (Å²) in [5, 5.41) is 7.05. The van der Waals surface area contributed by atoms with Gasteiger partial charge in [0, 0.05) is 44.3 Å². The van der Waals surface area contributed by atoms with Crippen LogP contribution in [0.15, 0.2) is 4.99 Å². The number of morpholine rings is 1. The predicted molar refractivity (Wildman–Crippen MR) is 119 cm³/mol. The smallest absolute Gasteiger partial charge is 0.191 e. The van der Waals surface area contributed by atoms with Gasteiger partial charge in [-0.05, 0) is 53.0 Å². The molecule has 0 aromatic heterocycles. The van der Waals surface area contributed by atoms with Crippen LogP contribution in [-0.2, 0) is 4.74 Å². The fraction of sp³-hybridized carbons (Fsp3) is 0.947. The second-order valence-electron chi connectivity index (χ2n) is 8.01. The molecule has 0 bridgehead atoms. The number of nitrogens with one attached hydrogen (secondary N) is 2. The van der Waals surface area contributed by atoms with Crippen LogP contribution in [0.2, 0.25) is 0 Å². The molecule has 3 aliphatic rings. The lowest BCUT2D eigenvalue weighted by Gasteiger charge is -2.36. The van der Waals surface area contributed by atoms with Crippen LogP contribution in [0.4, 0.5) is 0 Å². The third-order valence-electron chi connectivity index (χ3n) is 5.86. The quantitative estimate of drug-likeness (QED) is 0.359. The first-order chi connectivity index (χ1) is 12.2. The van der Waals surface area contributed by atoms with Crippen LogP contribution in [0.3, 0.4) is 0 Å². The van der Waals surface area contributed by atoms with Crippen LogP contribution < -0.4 is 10.6 Å². The highest BCUT2D eigenvalue weighted by atomic mass is 127. The normalized spacial score (nSPS) is 28.7. The Bertz CT molecular complexity index is 440. The Hall–Kier alpha value is -0.120. The number of piperidine rings is 1. The SMILES string of the molecule is CCNC(=NCC1CN2CCCC2CO1)NC1CCN(C(C)C)CC1.I. The van der Waals surface area contributed by atoms with E-state index in [0.717, 1.165) is 32.2 Å². The van der Waals surface area contributed by atoms with E-state index < -0.39 is 0 Å². The molecule has 152 valence electrons. The van der Waals surface area contributed by atoms with E-state index in [2.05, 4.69) is 41.2 Å². The molecule has 3 fully saturated rings. The van der Waals surface area contributed by atoms with Crippen molar-refractivity contribution in [2.45, 2.75) is 70.7 Å². The van der Waals surface area contributed by atoms with Gasteiger partial charge in [-0.15, -0.1) is 24.0 Å². The number of rotatable bonds is 5. The van der Waals surface area contributed by atoms with E-state index in [1.807, 2.05) is 0 Å². The fourth-order valence-corrected chi connectivity index (χ4v) is 4.26. The first kappa shape index (κ1) is 22.2. The summed E-state index contributed by atoms with van der Waals surface area (Å²) < 4.78 is 6.04. The van der Waals surface area contributed by atoms with Crippen molar-refractivity contribution >= 4 is 29.9 Å². The first-order valence-corrected chi connectivity index (χ1v) is 10.3. The van der Waals surface area contributed by atoms with Gasteiger partial charge in [0.15, 0.2) is 5.96 Å². The Labute approximate surface area is 176 Å². The molecule has 0 aromatic rings. The van der Waals surface area contributed by atoms with Crippen LogP contribution in [-0.4, -0.2) is 85.9 Å². The summed E-state index contributed by atoms with van der Waals surface area (Å²) >= 11 is 0. The Kier molecular flexibility index (Phi) is 9.40. The van der Waals surface area contributed by atoms with Gasteiger partial charge >= 0.3 is 0 Å². The van der Waals surface area contributed by atoms with Crippen molar-refractivity contribution in [2.75, 3.05) is 45.9 Å². The Morgan fingerprint density at radius 1 is 1.19 bits per heavy atom. The highest BCUT2D eigenvalue weighted by molar-refractivity contribution is 14.0. The first-order valence-electron chi connectivity index (χ1n) is 10.3. The van der Waals surface area contributed by atoms with Crippen molar-refractivity contribution in [3.05, 3.63) is 0 Å². The maximum Gasteiger partial charge on any atom is 0.191 e. The molecule has 2 atom stereocenters. The number of hydrogen-bond acceptors (Lipinski definition) is 4. The third-order valence-corrected chi connectivity index (χ3v) is 5.86. The summed E-state index contributed by atoms with van der Waals surface area (Å²) in [6.45, 7) is 13.9. The molecule has 0 aromatic carbocycles. The van der Waals surface area contributed by atoms with Crippen molar-refractivity contribution in [3.8, 4) is 0 Å². The summed E-state index contributed by atoms with van der Waals surface area (Å²) in [5.74, 6) is 0.956. The fourth-order valence-electron chi connectivity index (χ4n) is 4.26. The minimum Gasteiger partial charge on any atom is -0.373 e. The van der Waals surface area contributed by atoms with Gasteiger partial charge in [0.05, 0.1) is 19.3 Å². The molecule has 3 aliphatic heterocycles. The molecule has 26 heavy (non-hydrogen) atoms. The number of aliphatic imine (C=N–C) groups is 1. The molecule has 0 saturated carbocycles. The molecule has 0 aliphatic carbocycles. The van der Waals surface area contributed by atoms with Gasteiger partial charge in [-0.3, -0.25) is 9.89 Å². The largest absolute Gasteiger partial charge is 0.373 e. The molecule has 3 rings (SSSR count). The summed E-state index contributed by atoms with van der Waals surface area (Å²) in [4.78, 5) is 9.98. The van der Waals surface area contributed by atoms with Crippen LogP contribution in [0.1, 0.15) is 46.5 Å². The molecule has 7 heteroatoms. The summed E-state index contributed by atoms with van der Waals surface area (Å²) in [6, 6.07) is 1.85. The molecular weight excluding hydrogens is 441 g/mol. The monoisotopic (exact) mass is 479 g/mol. The lowest BCUT2D eigenvalue weighted by atomic mass is 10.0. The van der Waals surface area contributed by atoms with Gasteiger partial charge in [-0.1, -0.05) is 0 Å². The summed E-state index contributed by atoms with van der Waals surface area (Å²) in [6.07, 6.45) is 5.25. The number of halogens is 1. The Morgan fingerprint density at radius 3 is 2.65 bits per heavy atom. The van der Waals surface area contributed by atoms with Crippen molar-refractivity contribution in [1.82, 2.24) is 20.4 Å². The van der Waals surface area contributed by atoms with Crippen molar-refractivity contribution < 1.29 is 4.74 Å². The van der Waals surface area contributed by atoms with E-state index in [9.17, 15) is 0 Å². The number of likely N-dealkylation sites (tertiary alicyclic amines) is 1. The van der Waals surface area contributed by atoms with E-state index in [0.29, 0.717) is 18.1 Å². The van der Waals surface area contributed by atoms with E-state index in [1.165, 1.54) is 45.3 Å². The number of fused-ring (bicyclic) bond motifs is 1. The predicted octanol–water partition coefficient (Wildman–Crippen LogP) is 1.90. The second-order valence-corrected chi connectivity index (χ2v) is 8.01. The van der Waals surface area contributed by atoms with Crippen molar-refractivity contribution in [2.24, 2.45) is 4.99 Å². The second kappa shape index (κ2) is 11.0. The lowest BCUT2D eigenvalue weighted by Crippen LogP contribution is -2.50. The van der Waals surface area contributed by atoms with E-state index in [-0.39, 0.29) is 30.1 Å². The lowest BCUT2D eigenvalue weighted by molar-refractivity contribution is -0.0432. The maximum atomic E-state index is 6.04. The number of nitrogens with zero attached hydrogens (tertiary/aromatic N) is 3. The molecule has 2 N–H and O–H groups in total. The maximum absolute atomic E-state index is 6.04. The van der Waals surface area contributed by atoms with Gasteiger partial charge in [-0.25, -0.2) is 0 Å². The Morgan fingerprint density at radius 2 is 1.96 bits per heavy atom. The molecule has 0 amide bonds. The average Bonchev–Trinajstić information content (AvgIpc) is 3.08. The van der Waals surface area contributed by atoms with E-state index in [4.69, 9.17) is 9.73 Å². The van der Waals surface area contributed by atoms with Crippen LogP contribution in [0.25, 0.3) is 0 Å². The van der Waals surface area contributed by atoms with Crippen molar-refractivity contribution in [1.29, 1.82) is 0 Å². The standard InChI is InChI=1S/C19H37N5O.HI/c1-4-20-19(22-16-7-10-23(11-8-16)15(2)3)21-12-18-13-24-9-5-6-17(24)14-25-18;/h15-18H,4-14H2,1-3H3,(H2,20,21,22);1H.